The van der Waals surface area contributed by atoms with Crippen molar-refractivity contribution in [3.8, 4) is 0 Å². The molecular formula is C17H21N3O4. The summed E-state index contributed by atoms with van der Waals surface area (Å²) in [5.41, 5.74) is 2.52. The van der Waals surface area contributed by atoms with E-state index in [1.807, 2.05) is 20.8 Å². The number of carbonyl (C=O) groups excluding carboxylic acids is 1. The van der Waals surface area contributed by atoms with Crippen molar-refractivity contribution in [2.24, 2.45) is 0 Å². The number of nitrogens with zero attached hydrogens (tertiary/aromatic N) is 3. The lowest BCUT2D eigenvalue weighted by Crippen LogP contribution is -2.29. The van der Waals surface area contributed by atoms with Gasteiger partial charge in [-0.2, -0.15) is 0 Å². The summed E-state index contributed by atoms with van der Waals surface area (Å²) < 4.78 is 5.10. The van der Waals surface area contributed by atoms with E-state index in [1.54, 1.807) is 24.1 Å². The number of non-ortho nitro benzene ring substituents is 1. The highest BCUT2D eigenvalue weighted by atomic mass is 16.6. The molecule has 0 N–H and O–H groups in total. The smallest absolute Gasteiger partial charge is 0.269 e. The number of amides is 1. The van der Waals surface area contributed by atoms with E-state index in [9.17, 15) is 14.9 Å². The molecule has 0 spiro atoms. The molecule has 7 heteroatoms. The van der Waals surface area contributed by atoms with Crippen LogP contribution in [0, 0.1) is 24.0 Å². The fourth-order valence-electron chi connectivity index (χ4n) is 2.60. The maximum absolute atomic E-state index is 12.4. The first kappa shape index (κ1) is 17.7. The summed E-state index contributed by atoms with van der Waals surface area (Å²) in [6.45, 7) is 5.54. The number of benzene rings is 1. The fraction of sp³-hybridized carbons (Fsp3) is 0.412. The topological polar surface area (TPSA) is 89.5 Å². The summed E-state index contributed by atoms with van der Waals surface area (Å²) in [5.74, 6) is 0.698. The van der Waals surface area contributed by atoms with Crippen LogP contribution in [0.1, 0.15) is 42.0 Å². The Balaban J connectivity index is 2.04. The molecule has 1 amide bonds. The molecule has 0 aliphatic carbocycles. The Kier molecular flexibility index (Phi) is 5.33. The molecule has 0 saturated heterocycles. The van der Waals surface area contributed by atoms with E-state index in [-0.39, 0.29) is 17.6 Å². The number of rotatable bonds is 6. The molecular weight excluding hydrogens is 310 g/mol. The third-order valence-electron chi connectivity index (χ3n) is 4.31. The predicted octanol–water partition coefficient (Wildman–Crippen LogP) is 3.35. The quantitative estimate of drug-likeness (QED) is 0.598. The fourth-order valence-corrected chi connectivity index (χ4v) is 2.60. The highest BCUT2D eigenvalue weighted by molar-refractivity contribution is 5.76. The van der Waals surface area contributed by atoms with Crippen molar-refractivity contribution in [1.29, 1.82) is 0 Å². The molecule has 1 aromatic carbocycles. The monoisotopic (exact) mass is 331 g/mol. The molecule has 0 saturated carbocycles. The number of carbonyl (C=O) groups is 1. The van der Waals surface area contributed by atoms with Crippen LogP contribution in [-0.2, 0) is 11.2 Å². The van der Waals surface area contributed by atoms with E-state index < -0.39 is 4.92 Å². The average Bonchev–Trinajstić information content (AvgIpc) is 2.89. The number of nitro groups is 1. The lowest BCUT2D eigenvalue weighted by atomic mass is 10.0. The minimum Gasteiger partial charge on any atom is -0.361 e. The summed E-state index contributed by atoms with van der Waals surface area (Å²) >= 11 is 0. The van der Waals surface area contributed by atoms with Gasteiger partial charge in [0, 0.05) is 31.2 Å². The number of aromatic nitrogens is 1. The summed E-state index contributed by atoms with van der Waals surface area (Å²) in [5, 5.41) is 14.8. The zero-order chi connectivity index (χ0) is 17.9. The van der Waals surface area contributed by atoms with Gasteiger partial charge < -0.3 is 9.42 Å². The normalized spacial score (nSPS) is 12.0. The SMILES string of the molecule is Cc1noc(C)c1CCC(=O)N(C)[C@H](C)c1cccc([N+](=O)[O-])c1. The van der Waals surface area contributed by atoms with Gasteiger partial charge >= 0.3 is 0 Å². The van der Waals surface area contributed by atoms with Gasteiger partial charge in [-0.3, -0.25) is 14.9 Å². The molecule has 1 aromatic heterocycles. The maximum Gasteiger partial charge on any atom is 0.269 e. The van der Waals surface area contributed by atoms with Crippen LogP contribution in [0.5, 0.6) is 0 Å². The van der Waals surface area contributed by atoms with Gasteiger partial charge in [-0.15, -0.1) is 0 Å². The predicted molar refractivity (Wildman–Crippen MR) is 88.6 cm³/mol. The Labute approximate surface area is 140 Å². The minimum atomic E-state index is -0.435. The summed E-state index contributed by atoms with van der Waals surface area (Å²) in [6.07, 6.45) is 0.894. The summed E-state index contributed by atoms with van der Waals surface area (Å²) in [4.78, 5) is 24.5. The molecule has 0 fully saturated rings. The first-order chi connectivity index (χ1) is 11.3. The third-order valence-corrected chi connectivity index (χ3v) is 4.31. The lowest BCUT2D eigenvalue weighted by Gasteiger charge is -2.25. The number of aryl methyl sites for hydroxylation is 2. The van der Waals surface area contributed by atoms with Crippen LogP contribution in [0.3, 0.4) is 0 Å². The maximum atomic E-state index is 12.4. The van der Waals surface area contributed by atoms with Gasteiger partial charge in [0.05, 0.1) is 16.7 Å². The molecule has 0 aliphatic heterocycles. The van der Waals surface area contributed by atoms with Gasteiger partial charge in [0.15, 0.2) is 0 Å². The van der Waals surface area contributed by atoms with E-state index in [1.165, 1.54) is 12.1 Å². The molecule has 0 unspecified atom stereocenters. The zero-order valence-electron chi connectivity index (χ0n) is 14.3. The summed E-state index contributed by atoms with van der Waals surface area (Å²) in [7, 11) is 1.71. The Morgan fingerprint density at radius 2 is 2.12 bits per heavy atom. The Bertz CT molecular complexity index is 735. The second kappa shape index (κ2) is 7.25. The van der Waals surface area contributed by atoms with Crippen molar-refractivity contribution in [3.63, 3.8) is 0 Å². The standard InChI is InChI=1S/C17H21N3O4/c1-11-16(13(3)24-18-11)8-9-17(21)19(4)12(2)14-6-5-7-15(10-14)20(22)23/h5-7,10,12H,8-9H2,1-4H3/t12-/m1/s1. The van der Waals surface area contributed by atoms with Crippen molar-refractivity contribution in [1.82, 2.24) is 10.1 Å². The van der Waals surface area contributed by atoms with E-state index in [0.29, 0.717) is 12.8 Å². The van der Waals surface area contributed by atoms with Crippen molar-refractivity contribution in [3.05, 3.63) is 57.0 Å². The van der Waals surface area contributed by atoms with Crippen molar-refractivity contribution < 1.29 is 14.2 Å². The molecule has 1 heterocycles. The summed E-state index contributed by atoms with van der Waals surface area (Å²) in [6, 6.07) is 6.11. The molecule has 0 radical (unpaired) electrons. The molecule has 1 atom stereocenters. The van der Waals surface area contributed by atoms with E-state index in [0.717, 1.165) is 22.6 Å². The molecule has 0 aliphatic rings. The second-order valence-electron chi connectivity index (χ2n) is 5.84. The van der Waals surface area contributed by atoms with Crippen molar-refractivity contribution in [2.75, 3.05) is 7.05 Å². The Hall–Kier alpha value is -2.70. The number of hydrogen-bond acceptors (Lipinski definition) is 5. The van der Waals surface area contributed by atoms with E-state index >= 15 is 0 Å². The van der Waals surface area contributed by atoms with Crippen LogP contribution in [-0.4, -0.2) is 27.9 Å². The third kappa shape index (κ3) is 3.79. The van der Waals surface area contributed by atoms with Gasteiger partial charge in [-0.05, 0) is 32.8 Å². The van der Waals surface area contributed by atoms with Crippen LogP contribution < -0.4 is 0 Å². The highest BCUT2D eigenvalue weighted by Crippen LogP contribution is 2.24. The van der Waals surface area contributed by atoms with Crippen LogP contribution in [0.4, 0.5) is 5.69 Å². The van der Waals surface area contributed by atoms with Crippen LogP contribution in [0.2, 0.25) is 0 Å². The van der Waals surface area contributed by atoms with Gasteiger partial charge in [0.1, 0.15) is 5.76 Å². The molecule has 2 rings (SSSR count). The zero-order valence-corrected chi connectivity index (χ0v) is 14.3. The first-order valence-corrected chi connectivity index (χ1v) is 7.73. The number of nitro benzene ring substituents is 1. The van der Waals surface area contributed by atoms with Crippen LogP contribution >= 0.6 is 0 Å². The molecule has 2 aromatic rings. The van der Waals surface area contributed by atoms with Crippen LogP contribution in [0.25, 0.3) is 0 Å². The molecule has 7 nitrogen and oxygen atoms in total. The van der Waals surface area contributed by atoms with E-state index in [4.69, 9.17) is 4.52 Å². The van der Waals surface area contributed by atoms with Gasteiger partial charge in [-0.25, -0.2) is 0 Å². The number of hydrogen-bond donors (Lipinski definition) is 0. The van der Waals surface area contributed by atoms with Crippen LogP contribution in [0.15, 0.2) is 28.8 Å². The van der Waals surface area contributed by atoms with Gasteiger partial charge in [-0.1, -0.05) is 17.3 Å². The van der Waals surface area contributed by atoms with Crippen molar-refractivity contribution in [2.45, 2.75) is 39.7 Å². The lowest BCUT2D eigenvalue weighted by molar-refractivity contribution is -0.384. The van der Waals surface area contributed by atoms with E-state index in [2.05, 4.69) is 5.16 Å². The largest absolute Gasteiger partial charge is 0.361 e. The van der Waals surface area contributed by atoms with Gasteiger partial charge in [0.25, 0.3) is 5.69 Å². The highest BCUT2D eigenvalue weighted by Gasteiger charge is 2.20. The molecule has 0 bridgehead atoms. The molecule has 24 heavy (non-hydrogen) atoms. The second-order valence-corrected chi connectivity index (χ2v) is 5.84. The minimum absolute atomic E-state index is 0.0240. The molecule has 128 valence electrons. The van der Waals surface area contributed by atoms with Crippen molar-refractivity contribution >= 4 is 11.6 Å². The Morgan fingerprint density at radius 1 is 1.42 bits per heavy atom. The first-order valence-electron chi connectivity index (χ1n) is 7.73. The Morgan fingerprint density at radius 3 is 2.71 bits per heavy atom. The average molecular weight is 331 g/mol. The van der Waals surface area contributed by atoms with Gasteiger partial charge in [0.2, 0.25) is 5.91 Å².